The maximum absolute atomic E-state index is 12.8. The van der Waals surface area contributed by atoms with Gasteiger partial charge in [-0.1, -0.05) is 39.0 Å². The van der Waals surface area contributed by atoms with Gasteiger partial charge in [-0.05, 0) is 50.0 Å². The molecular weight excluding hydrogens is 396 g/mol. The van der Waals surface area contributed by atoms with Crippen molar-refractivity contribution in [2.75, 3.05) is 7.11 Å². The number of ether oxygens (including phenoxy) is 3. The van der Waals surface area contributed by atoms with Crippen molar-refractivity contribution < 1.29 is 28.9 Å². The summed E-state index contributed by atoms with van der Waals surface area (Å²) in [5.74, 6) is -1.02. The largest absolute Gasteiger partial charge is 0.497 e. The number of hydrogen-bond donors (Lipinski definition) is 1. The second-order valence-electron chi connectivity index (χ2n) is 8.78. The Morgan fingerprint density at radius 2 is 1.77 bits per heavy atom. The third-order valence-electron chi connectivity index (χ3n) is 6.15. The predicted molar refractivity (Wildman–Crippen MR) is 119 cm³/mol. The van der Waals surface area contributed by atoms with E-state index in [1.54, 1.807) is 26.2 Å². The highest BCUT2D eigenvalue weighted by Crippen LogP contribution is 2.26. The molecule has 0 aromatic heterocycles. The van der Waals surface area contributed by atoms with Crippen molar-refractivity contribution in [1.29, 1.82) is 0 Å². The molecule has 1 aliphatic heterocycles. The molecule has 1 N–H and O–H groups in total. The van der Waals surface area contributed by atoms with Crippen LogP contribution in [0.1, 0.15) is 46.6 Å². The average molecular weight is 433 g/mol. The molecule has 6 heteroatoms. The van der Waals surface area contributed by atoms with Gasteiger partial charge in [-0.25, -0.2) is 0 Å². The molecule has 0 fully saturated rings. The van der Waals surface area contributed by atoms with Gasteiger partial charge in [0.05, 0.1) is 31.8 Å². The monoisotopic (exact) mass is 432 g/mol. The maximum atomic E-state index is 12.8. The summed E-state index contributed by atoms with van der Waals surface area (Å²) in [5, 5.41) is 10.6. The average Bonchev–Trinajstić information content (AvgIpc) is 2.77. The number of methoxy groups -OCH3 is 1. The van der Waals surface area contributed by atoms with Crippen molar-refractivity contribution in [2.24, 2.45) is 23.7 Å². The highest BCUT2D eigenvalue weighted by molar-refractivity contribution is 5.91. The van der Waals surface area contributed by atoms with Crippen LogP contribution in [0.2, 0.25) is 0 Å². The summed E-state index contributed by atoms with van der Waals surface area (Å²) in [7, 11) is 1.62. The van der Waals surface area contributed by atoms with Crippen molar-refractivity contribution in [3.63, 3.8) is 0 Å². The number of hydrogen-bond acceptors (Lipinski definition) is 6. The lowest BCUT2D eigenvalue weighted by Crippen LogP contribution is -2.41. The summed E-state index contributed by atoms with van der Waals surface area (Å²) in [4.78, 5) is 25.3. The Hall–Kier alpha value is -2.18. The lowest BCUT2D eigenvalue weighted by atomic mass is 9.84. The van der Waals surface area contributed by atoms with E-state index in [2.05, 4.69) is 0 Å². The third-order valence-corrected chi connectivity index (χ3v) is 6.15. The molecule has 0 radical (unpaired) electrons. The van der Waals surface area contributed by atoms with E-state index in [9.17, 15) is 14.7 Å². The van der Waals surface area contributed by atoms with Crippen molar-refractivity contribution in [1.82, 2.24) is 0 Å². The zero-order valence-corrected chi connectivity index (χ0v) is 19.4. The highest BCUT2D eigenvalue weighted by atomic mass is 16.6. The second kappa shape index (κ2) is 11.4. The Kier molecular flexibility index (Phi) is 9.26. The molecule has 1 aromatic carbocycles. The number of carbonyl (C=O) groups is 2. The van der Waals surface area contributed by atoms with E-state index >= 15 is 0 Å². The van der Waals surface area contributed by atoms with E-state index < -0.39 is 30.2 Å². The van der Waals surface area contributed by atoms with Gasteiger partial charge in [-0.3, -0.25) is 9.59 Å². The topological polar surface area (TPSA) is 82.1 Å². The first-order valence-electron chi connectivity index (χ1n) is 11.0. The van der Waals surface area contributed by atoms with E-state index in [-0.39, 0.29) is 23.5 Å². The van der Waals surface area contributed by atoms with Gasteiger partial charge >= 0.3 is 5.97 Å². The van der Waals surface area contributed by atoms with Gasteiger partial charge in [0.1, 0.15) is 11.9 Å². The molecule has 1 aliphatic rings. The van der Waals surface area contributed by atoms with Crippen LogP contribution < -0.4 is 4.74 Å². The van der Waals surface area contributed by atoms with E-state index in [0.29, 0.717) is 13.0 Å². The van der Waals surface area contributed by atoms with E-state index in [1.165, 1.54) is 0 Å². The molecule has 2 rings (SSSR count). The van der Waals surface area contributed by atoms with Gasteiger partial charge in [0.15, 0.2) is 5.78 Å². The highest BCUT2D eigenvalue weighted by Gasteiger charge is 2.34. The molecule has 7 atom stereocenters. The summed E-state index contributed by atoms with van der Waals surface area (Å²) >= 11 is 0. The summed E-state index contributed by atoms with van der Waals surface area (Å²) < 4.78 is 17.0. The fourth-order valence-corrected chi connectivity index (χ4v) is 3.88. The van der Waals surface area contributed by atoms with Crippen LogP contribution in [0.25, 0.3) is 0 Å². The number of aliphatic hydroxyl groups is 1. The van der Waals surface area contributed by atoms with Crippen LogP contribution in [0, 0.1) is 23.7 Å². The van der Waals surface area contributed by atoms with E-state index in [1.807, 2.05) is 52.0 Å². The normalized spacial score (nSPS) is 32.4. The van der Waals surface area contributed by atoms with E-state index in [4.69, 9.17) is 14.2 Å². The first-order valence-corrected chi connectivity index (χ1v) is 11.0. The van der Waals surface area contributed by atoms with Crippen molar-refractivity contribution in [2.45, 2.75) is 66.0 Å². The molecule has 1 unspecified atom stereocenters. The van der Waals surface area contributed by atoms with Crippen LogP contribution in [0.5, 0.6) is 5.75 Å². The zero-order chi connectivity index (χ0) is 23.1. The van der Waals surface area contributed by atoms with Crippen molar-refractivity contribution in [3.8, 4) is 5.75 Å². The van der Waals surface area contributed by atoms with Crippen molar-refractivity contribution in [3.05, 3.63) is 42.0 Å². The van der Waals surface area contributed by atoms with Crippen LogP contribution >= 0.6 is 0 Å². The zero-order valence-electron chi connectivity index (χ0n) is 19.4. The van der Waals surface area contributed by atoms with Gasteiger partial charge in [0.2, 0.25) is 0 Å². The minimum Gasteiger partial charge on any atom is -0.497 e. The molecule has 1 heterocycles. The van der Waals surface area contributed by atoms with Crippen molar-refractivity contribution >= 4 is 11.8 Å². The molecule has 0 amide bonds. The number of aliphatic hydroxyl groups excluding tert-OH is 1. The first-order chi connectivity index (χ1) is 14.6. The molecule has 0 saturated carbocycles. The number of rotatable bonds is 5. The number of allylic oxidation sites excluding steroid dienone is 1. The number of carbonyl (C=O) groups excluding carboxylic acids is 2. The van der Waals surface area contributed by atoms with Gasteiger partial charge in [-0.2, -0.15) is 0 Å². The van der Waals surface area contributed by atoms with E-state index in [0.717, 1.165) is 11.3 Å². The Labute approximate surface area is 185 Å². The predicted octanol–water partition coefficient (Wildman–Crippen LogP) is 3.95. The number of esters is 1. The number of benzene rings is 1. The van der Waals surface area contributed by atoms with Gasteiger partial charge in [0, 0.05) is 11.8 Å². The summed E-state index contributed by atoms with van der Waals surface area (Å²) in [6, 6.07) is 7.56. The van der Waals surface area contributed by atoms with Gasteiger partial charge < -0.3 is 19.3 Å². The minimum atomic E-state index is -0.877. The molecule has 0 bridgehead atoms. The number of ketones is 1. The Balaban J connectivity index is 2.18. The first kappa shape index (κ1) is 25.1. The molecule has 0 saturated heterocycles. The van der Waals surface area contributed by atoms with Crippen LogP contribution in [-0.4, -0.2) is 42.3 Å². The lowest BCUT2D eigenvalue weighted by molar-refractivity contribution is -0.169. The van der Waals surface area contributed by atoms with Crippen LogP contribution in [0.4, 0.5) is 0 Å². The maximum Gasteiger partial charge on any atom is 0.311 e. The van der Waals surface area contributed by atoms with Crippen LogP contribution in [-0.2, 0) is 25.7 Å². The smallest absolute Gasteiger partial charge is 0.311 e. The third kappa shape index (κ3) is 6.91. The fourth-order valence-electron chi connectivity index (χ4n) is 3.88. The van der Waals surface area contributed by atoms with Gasteiger partial charge in [-0.15, -0.1) is 0 Å². The number of cyclic esters (lactones) is 1. The summed E-state index contributed by atoms with van der Waals surface area (Å²) in [6.45, 7) is 9.48. The Morgan fingerprint density at radius 1 is 1.13 bits per heavy atom. The quantitative estimate of drug-likeness (QED) is 0.710. The molecule has 0 aliphatic carbocycles. The van der Waals surface area contributed by atoms with Gasteiger partial charge in [0.25, 0.3) is 0 Å². The SMILES string of the molecule is COc1ccc(CO[C@H](C)[C@H]2OC(=O)[C@H](C)[C@@H](O)C(C)C[C@@H](C)C(=O)/C=C/[C@H]2C)cc1. The molecule has 31 heavy (non-hydrogen) atoms. The minimum absolute atomic E-state index is 0.0102. The molecule has 6 nitrogen and oxygen atoms in total. The van der Waals surface area contributed by atoms with Crippen LogP contribution in [0.3, 0.4) is 0 Å². The Morgan fingerprint density at radius 3 is 2.39 bits per heavy atom. The standard InChI is InChI=1S/C25H36O6/c1-15-7-12-22(26)16(2)13-17(3)23(27)18(4)25(28)31-24(15)19(5)30-14-20-8-10-21(29-6)11-9-20/h7-12,15-19,23-24,27H,13-14H2,1-6H3/b12-7+/t15-,16-,17?,18-,19-,23+,24+/m1/s1. The molecule has 0 spiro atoms. The molecule has 1 aromatic rings. The summed E-state index contributed by atoms with van der Waals surface area (Å²) in [6.07, 6.45) is 1.99. The fraction of sp³-hybridized carbons (Fsp3) is 0.600. The molecule has 172 valence electrons. The molecular formula is C25H36O6. The Bertz CT molecular complexity index is 756. The lowest BCUT2D eigenvalue weighted by Gasteiger charge is -2.32. The van der Waals surface area contributed by atoms with Crippen LogP contribution in [0.15, 0.2) is 36.4 Å². The second-order valence-corrected chi connectivity index (χ2v) is 8.78. The summed E-state index contributed by atoms with van der Waals surface area (Å²) in [5.41, 5.74) is 0.969.